The van der Waals surface area contributed by atoms with Crippen LogP contribution in [-0.2, 0) is 4.79 Å². The quantitative estimate of drug-likeness (QED) is 0.882. The fraction of sp³-hybridized carbons (Fsp3) is 0.350. The van der Waals surface area contributed by atoms with Gasteiger partial charge in [0, 0.05) is 24.5 Å². The van der Waals surface area contributed by atoms with Gasteiger partial charge in [0.05, 0.1) is 12.5 Å². The van der Waals surface area contributed by atoms with Crippen molar-refractivity contribution in [3.63, 3.8) is 0 Å². The van der Waals surface area contributed by atoms with E-state index in [2.05, 4.69) is 23.2 Å². The van der Waals surface area contributed by atoms with Crippen LogP contribution in [0.4, 0.5) is 11.4 Å². The zero-order chi connectivity index (χ0) is 16.9. The molecule has 1 amide bonds. The zero-order valence-corrected chi connectivity index (χ0v) is 14.0. The minimum atomic E-state index is -0.781. The maximum absolute atomic E-state index is 12.2. The van der Waals surface area contributed by atoms with Crippen molar-refractivity contribution in [3.05, 3.63) is 59.7 Å². The lowest BCUT2D eigenvalue weighted by molar-refractivity contribution is -0.118. The van der Waals surface area contributed by atoms with Crippen molar-refractivity contribution >= 4 is 17.3 Å². The van der Waals surface area contributed by atoms with Gasteiger partial charge in [0.25, 0.3) is 0 Å². The number of nitrogens with zero attached hydrogens (tertiary/aromatic N) is 1. The van der Waals surface area contributed by atoms with E-state index in [0.717, 1.165) is 24.3 Å². The van der Waals surface area contributed by atoms with E-state index < -0.39 is 6.10 Å². The third kappa shape index (κ3) is 3.95. The summed E-state index contributed by atoms with van der Waals surface area (Å²) >= 11 is 0. The Bertz CT molecular complexity index is 694. The number of aliphatic hydroxyl groups excluding tert-OH is 1. The summed E-state index contributed by atoms with van der Waals surface area (Å²) in [5.74, 6) is -0.181. The lowest BCUT2D eigenvalue weighted by atomic mass is 10.1. The number of anilines is 2. The number of nitrogens with one attached hydrogen (secondary N) is 1. The molecule has 4 nitrogen and oxygen atoms in total. The van der Waals surface area contributed by atoms with E-state index in [4.69, 9.17) is 0 Å². The van der Waals surface area contributed by atoms with Crippen LogP contribution in [0.5, 0.6) is 0 Å². The Morgan fingerprint density at radius 2 is 1.88 bits per heavy atom. The molecular formula is C20H24N2O2. The largest absolute Gasteiger partial charge is 0.388 e. The molecule has 0 aromatic heterocycles. The van der Waals surface area contributed by atoms with Crippen molar-refractivity contribution in [1.82, 2.24) is 0 Å². The summed E-state index contributed by atoms with van der Waals surface area (Å²) in [5, 5.41) is 13.0. The highest BCUT2D eigenvalue weighted by molar-refractivity contribution is 5.91. The molecule has 3 rings (SSSR count). The van der Waals surface area contributed by atoms with Crippen molar-refractivity contribution in [2.45, 2.75) is 32.3 Å². The van der Waals surface area contributed by atoms with Crippen LogP contribution in [0.25, 0.3) is 0 Å². The van der Waals surface area contributed by atoms with Crippen LogP contribution in [0, 0.1) is 6.92 Å². The standard InChI is InChI=1S/C20H24N2O2/c1-15-13-17(9-10-18(15)22-11-5-6-12-22)21-20(24)14-19(23)16-7-3-2-4-8-16/h2-4,7-10,13,19,23H,5-6,11-12,14H2,1H3,(H,21,24). The average Bonchev–Trinajstić information content (AvgIpc) is 3.10. The van der Waals surface area contributed by atoms with E-state index in [9.17, 15) is 9.90 Å². The van der Waals surface area contributed by atoms with E-state index in [0.29, 0.717) is 0 Å². The van der Waals surface area contributed by atoms with Gasteiger partial charge in [-0.05, 0) is 49.1 Å². The lowest BCUT2D eigenvalue weighted by Gasteiger charge is -2.21. The number of aryl methyl sites for hydroxylation is 1. The molecule has 0 bridgehead atoms. The molecule has 1 unspecified atom stereocenters. The van der Waals surface area contributed by atoms with Gasteiger partial charge in [0.2, 0.25) is 5.91 Å². The van der Waals surface area contributed by atoms with Crippen LogP contribution in [0.3, 0.4) is 0 Å². The van der Waals surface area contributed by atoms with Gasteiger partial charge in [-0.3, -0.25) is 4.79 Å². The van der Waals surface area contributed by atoms with Crippen LogP contribution >= 0.6 is 0 Å². The molecule has 0 spiro atoms. The topological polar surface area (TPSA) is 52.6 Å². The molecule has 24 heavy (non-hydrogen) atoms. The predicted molar refractivity (Wildman–Crippen MR) is 97.3 cm³/mol. The third-order valence-corrected chi connectivity index (χ3v) is 4.49. The number of hydrogen-bond acceptors (Lipinski definition) is 3. The van der Waals surface area contributed by atoms with Gasteiger partial charge in [-0.15, -0.1) is 0 Å². The SMILES string of the molecule is Cc1cc(NC(=O)CC(O)c2ccccc2)ccc1N1CCCC1. The Labute approximate surface area is 143 Å². The van der Waals surface area contributed by atoms with Crippen LogP contribution in [-0.4, -0.2) is 24.1 Å². The first-order chi connectivity index (χ1) is 11.6. The molecule has 1 aliphatic heterocycles. The fourth-order valence-corrected chi connectivity index (χ4v) is 3.23. The summed E-state index contributed by atoms with van der Waals surface area (Å²) in [5.41, 5.74) is 3.95. The average molecular weight is 324 g/mol. The van der Waals surface area contributed by atoms with Gasteiger partial charge in [-0.2, -0.15) is 0 Å². The van der Waals surface area contributed by atoms with E-state index in [1.165, 1.54) is 24.1 Å². The summed E-state index contributed by atoms with van der Waals surface area (Å²) < 4.78 is 0. The maximum atomic E-state index is 12.2. The molecule has 2 N–H and O–H groups in total. The second kappa shape index (κ2) is 7.49. The molecule has 1 heterocycles. The Morgan fingerprint density at radius 3 is 2.54 bits per heavy atom. The number of hydrogen-bond donors (Lipinski definition) is 2. The summed E-state index contributed by atoms with van der Waals surface area (Å²) in [6.45, 7) is 4.29. The molecule has 4 heteroatoms. The highest BCUT2D eigenvalue weighted by Crippen LogP contribution is 2.27. The summed E-state index contributed by atoms with van der Waals surface area (Å²) in [6, 6.07) is 15.3. The van der Waals surface area contributed by atoms with Gasteiger partial charge < -0.3 is 15.3 Å². The second-order valence-corrected chi connectivity index (χ2v) is 6.37. The van der Waals surface area contributed by atoms with Gasteiger partial charge in [0.1, 0.15) is 0 Å². The summed E-state index contributed by atoms with van der Waals surface area (Å²) in [4.78, 5) is 14.6. The number of rotatable bonds is 5. The van der Waals surface area contributed by atoms with Crippen molar-refractivity contribution in [3.8, 4) is 0 Å². The lowest BCUT2D eigenvalue weighted by Crippen LogP contribution is -2.19. The Kier molecular flexibility index (Phi) is 5.16. The normalized spacial score (nSPS) is 15.3. The maximum Gasteiger partial charge on any atom is 0.227 e. The molecule has 0 aliphatic carbocycles. The van der Waals surface area contributed by atoms with E-state index in [1.54, 1.807) is 0 Å². The molecule has 1 atom stereocenters. The van der Waals surface area contributed by atoms with Crippen LogP contribution in [0.2, 0.25) is 0 Å². The van der Waals surface area contributed by atoms with Gasteiger partial charge in [0.15, 0.2) is 0 Å². The highest BCUT2D eigenvalue weighted by Gasteiger charge is 2.16. The third-order valence-electron chi connectivity index (χ3n) is 4.49. The number of carbonyl (C=O) groups excluding carboxylic acids is 1. The molecule has 1 saturated heterocycles. The smallest absolute Gasteiger partial charge is 0.227 e. The predicted octanol–water partition coefficient (Wildman–Crippen LogP) is 3.66. The van der Waals surface area contributed by atoms with E-state index in [1.807, 2.05) is 42.5 Å². The monoisotopic (exact) mass is 324 g/mol. The van der Waals surface area contributed by atoms with Gasteiger partial charge >= 0.3 is 0 Å². The molecule has 1 aliphatic rings. The zero-order valence-electron chi connectivity index (χ0n) is 14.0. The number of benzene rings is 2. The second-order valence-electron chi connectivity index (χ2n) is 6.37. The number of aliphatic hydroxyl groups is 1. The van der Waals surface area contributed by atoms with Crippen molar-refractivity contribution < 1.29 is 9.90 Å². The minimum absolute atomic E-state index is 0.0525. The van der Waals surface area contributed by atoms with E-state index >= 15 is 0 Å². The Hall–Kier alpha value is -2.33. The number of carbonyl (C=O) groups is 1. The highest BCUT2D eigenvalue weighted by atomic mass is 16.3. The molecule has 0 radical (unpaired) electrons. The van der Waals surface area contributed by atoms with Gasteiger partial charge in [-0.25, -0.2) is 0 Å². The molecule has 1 fully saturated rings. The fourth-order valence-electron chi connectivity index (χ4n) is 3.23. The van der Waals surface area contributed by atoms with Crippen molar-refractivity contribution in [2.24, 2.45) is 0 Å². The molecule has 2 aromatic carbocycles. The Balaban J connectivity index is 1.61. The molecule has 2 aromatic rings. The first kappa shape index (κ1) is 16.5. The summed E-state index contributed by atoms with van der Waals surface area (Å²) in [7, 11) is 0. The van der Waals surface area contributed by atoms with Crippen LogP contribution < -0.4 is 10.2 Å². The Morgan fingerprint density at radius 1 is 1.17 bits per heavy atom. The number of amides is 1. The summed E-state index contributed by atoms with van der Waals surface area (Å²) in [6.07, 6.45) is 1.76. The van der Waals surface area contributed by atoms with Crippen LogP contribution in [0.1, 0.15) is 36.5 Å². The van der Waals surface area contributed by atoms with Crippen LogP contribution in [0.15, 0.2) is 48.5 Å². The molecule has 0 saturated carbocycles. The first-order valence-corrected chi connectivity index (χ1v) is 8.52. The molecule has 126 valence electrons. The van der Waals surface area contributed by atoms with Crippen molar-refractivity contribution in [1.29, 1.82) is 0 Å². The van der Waals surface area contributed by atoms with Crippen molar-refractivity contribution in [2.75, 3.05) is 23.3 Å². The van der Waals surface area contributed by atoms with Gasteiger partial charge in [-0.1, -0.05) is 30.3 Å². The van der Waals surface area contributed by atoms with E-state index in [-0.39, 0.29) is 12.3 Å². The minimum Gasteiger partial charge on any atom is -0.388 e. The first-order valence-electron chi connectivity index (χ1n) is 8.52. The molecular weight excluding hydrogens is 300 g/mol.